The molecule has 0 bridgehead atoms. The highest BCUT2D eigenvalue weighted by Gasteiger charge is 2.26. The van der Waals surface area contributed by atoms with E-state index in [1.54, 1.807) is 12.1 Å². The van der Waals surface area contributed by atoms with E-state index in [9.17, 15) is 14.7 Å². The lowest BCUT2D eigenvalue weighted by atomic mass is 9.98. The third-order valence-electron chi connectivity index (χ3n) is 3.75. The predicted octanol–water partition coefficient (Wildman–Crippen LogP) is 1.95. The molecule has 1 unspecified atom stereocenters. The van der Waals surface area contributed by atoms with Crippen molar-refractivity contribution in [3.05, 3.63) is 34.9 Å². The summed E-state index contributed by atoms with van der Waals surface area (Å²) in [7, 11) is 0. The number of carbonyl (C=O) groups excluding carboxylic acids is 1. The van der Waals surface area contributed by atoms with Crippen molar-refractivity contribution in [2.24, 2.45) is 5.92 Å². The van der Waals surface area contributed by atoms with E-state index in [-0.39, 0.29) is 11.8 Å². The average molecular weight is 277 g/mol. The Labute approximate surface area is 117 Å². The second-order valence-corrected chi connectivity index (χ2v) is 5.15. The fourth-order valence-corrected chi connectivity index (χ4v) is 2.22. The highest BCUT2D eigenvalue weighted by atomic mass is 16.5. The number of hydrogen-bond donors (Lipinski definition) is 2. The number of benzene rings is 1. The van der Waals surface area contributed by atoms with Crippen LogP contribution < -0.4 is 5.32 Å². The monoisotopic (exact) mass is 277 g/mol. The third-order valence-corrected chi connectivity index (χ3v) is 3.75. The van der Waals surface area contributed by atoms with Gasteiger partial charge < -0.3 is 15.2 Å². The molecule has 1 heterocycles. The fourth-order valence-electron chi connectivity index (χ4n) is 2.22. The molecule has 108 valence electrons. The Kier molecular flexibility index (Phi) is 4.39. The van der Waals surface area contributed by atoms with E-state index in [1.807, 2.05) is 19.9 Å². The van der Waals surface area contributed by atoms with E-state index in [2.05, 4.69) is 5.32 Å². The third kappa shape index (κ3) is 2.99. The first-order valence-electron chi connectivity index (χ1n) is 6.76. The molecule has 0 saturated heterocycles. The van der Waals surface area contributed by atoms with Gasteiger partial charge in [0.25, 0.3) is 5.91 Å². The van der Waals surface area contributed by atoms with E-state index >= 15 is 0 Å². The summed E-state index contributed by atoms with van der Waals surface area (Å²) in [6.07, 6.45) is 0.690. The lowest BCUT2D eigenvalue weighted by Gasteiger charge is -2.20. The maximum absolute atomic E-state index is 12.2. The van der Waals surface area contributed by atoms with Gasteiger partial charge in [0, 0.05) is 5.56 Å². The van der Waals surface area contributed by atoms with Gasteiger partial charge in [-0.15, -0.1) is 0 Å². The van der Waals surface area contributed by atoms with Crippen molar-refractivity contribution in [2.45, 2.75) is 39.5 Å². The maximum atomic E-state index is 12.2. The van der Waals surface area contributed by atoms with Crippen LogP contribution in [0.25, 0.3) is 0 Å². The molecule has 1 aromatic rings. The van der Waals surface area contributed by atoms with Gasteiger partial charge in [-0.05, 0) is 29.2 Å². The summed E-state index contributed by atoms with van der Waals surface area (Å²) < 4.78 is 5.30. The van der Waals surface area contributed by atoms with E-state index in [1.165, 1.54) is 0 Å². The van der Waals surface area contributed by atoms with Crippen molar-refractivity contribution in [1.82, 2.24) is 5.32 Å². The normalized spacial score (nSPS) is 16.3. The zero-order valence-corrected chi connectivity index (χ0v) is 11.7. The second kappa shape index (κ2) is 6.05. The number of hydrogen-bond acceptors (Lipinski definition) is 3. The SMILES string of the molecule is CCC(C)[C@H](NC(=O)c1ccc2c(c1)COC2)C(=O)O. The Morgan fingerprint density at radius 2 is 2.05 bits per heavy atom. The quantitative estimate of drug-likeness (QED) is 0.862. The number of ether oxygens (including phenoxy) is 1. The molecule has 1 aliphatic rings. The predicted molar refractivity (Wildman–Crippen MR) is 73.3 cm³/mol. The lowest BCUT2D eigenvalue weighted by Crippen LogP contribution is -2.45. The van der Waals surface area contributed by atoms with Gasteiger partial charge in [-0.1, -0.05) is 26.3 Å². The van der Waals surface area contributed by atoms with Crippen LogP contribution in [0.15, 0.2) is 18.2 Å². The minimum atomic E-state index is -1.00. The molecule has 2 rings (SSSR count). The Bertz CT molecular complexity index is 527. The molecular formula is C15H19NO4. The number of rotatable bonds is 5. The summed E-state index contributed by atoms with van der Waals surface area (Å²) in [5.41, 5.74) is 2.55. The van der Waals surface area contributed by atoms with Gasteiger partial charge >= 0.3 is 5.97 Å². The number of nitrogens with one attached hydrogen (secondary N) is 1. The molecule has 5 nitrogen and oxygen atoms in total. The zero-order chi connectivity index (χ0) is 14.7. The molecule has 0 radical (unpaired) electrons. The highest BCUT2D eigenvalue weighted by Crippen LogP contribution is 2.21. The van der Waals surface area contributed by atoms with Crippen molar-refractivity contribution in [3.63, 3.8) is 0 Å². The first-order valence-corrected chi connectivity index (χ1v) is 6.76. The molecule has 20 heavy (non-hydrogen) atoms. The minimum absolute atomic E-state index is 0.116. The van der Waals surface area contributed by atoms with Crippen molar-refractivity contribution >= 4 is 11.9 Å². The molecule has 0 fully saturated rings. The Balaban J connectivity index is 2.12. The van der Waals surface area contributed by atoms with Crippen molar-refractivity contribution in [2.75, 3.05) is 0 Å². The van der Waals surface area contributed by atoms with Crippen LogP contribution in [-0.2, 0) is 22.7 Å². The van der Waals surface area contributed by atoms with Gasteiger partial charge in [0.2, 0.25) is 0 Å². The van der Waals surface area contributed by atoms with Crippen molar-refractivity contribution in [3.8, 4) is 0 Å². The maximum Gasteiger partial charge on any atom is 0.326 e. The summed E-state index contributed by atoms with van der Waals surface area (Å²) in [5, 5.41) is 11.8. The molecule has 2 atom stereocenters. The van der Waals surface area contributed by atoms with Crippen LogP contribution in [0.2, 0.25) is 0 Å². The van der Waals surface area contributed by atoms with Crippen LogP contribution in [-0.4, -0.2) is 23.0 Å². The first-order chi connectivity index (χ1) is 9.52. The smallest absolute Gasteiger partial charge is 0.326 e. The number of carboxylic acids is 1. The first kappa shape index (κ1) is 14.5. The number of amides is 1. The number of aliphatic carboxylic acids is 1. The molecule has 1 amide bonds. The van der Waals surface area contributed by atoms with Gasteiger partial charge in [-0.2, -0.15) is 0 Å². The lowest BCUT2D eigenvalue weighted by molar-refractivity contribution is -0.140. The fraction of sp³-hybridized carbons (Fsp3) is 0.467. The molecule has 0 spiro atoms. The van der Waals surface area contributed by atoms with E-state index in [4.69, 9.17) is 4.74 Å². The van der Waals surface area contributed by atoms with Gasteiger partial charge in [-0.3, -0.25) is 4.79 Å². The summed E-state index contributed by atoms with van der Waals surface area (Å²) in [4.78, 5) is 23.4. The molecular weight excluding hydrogens is 258 g/mol. The van der Waals surface area contributed by atoms with Crippen LogP contribution in [0.4, 0.5) is 0 Å². The topological polar surface area (TPSA) is 75.6 Å². The standard InChI is InChI=1S/C15H19NO4/c1-3-9(2)13(15(18)19)16-14(17)10-4-5-11-7-20-8-12(11)6-10/h4-6,9,13H,3,7-8H2,1-2H3,(H,16,17)(H,18,19)/t9?,13-/m0/s1. The van der Waals surface area contributed by atoms with Crippen molar-refractivity contribution in [1.29, 1.82) is 0 Å². The summed E-state index contributed by atoms with van der Waals surface area (Å²) in [5.74, 6) is -1.47. The number of fused-ring (bicyclic) bond motifs is 1. The highest BCUT2D eigenvalue weighted by molar-refractivity contribution is 5.96. The Hall–Kier alpha value is -1.88. The van der Waals surface area contributed by atoms with Crippen LogP contribution in [0.5, 0.6) is 0 Å². The van der Waals surface area contributed by atoms with Crippen LogP contribution in [0.3, 0.4) is 0 Å². The Morgan fingerprint density at radius 1 is 1.35 bits per heavy atom. The van der Waals surface area contributed by atoms with Crippen molar-refractivity contribution < 1.29 is 19.4 Å². The van der Waals surface area contributed by atoms with Gasteiger partial charge in [0.05, 0.1) is 13.2 Å². The average Bonchev–Trinajstić information content (AvgIpc) is 2.90. The number of carboxylic acid groups (broad SMARTS) is 1. The second-order valence-electron chi connectivity index (χ2n) is 5.15. The van der Waals surface area contributed by atoms with Crippen LogP contribution in [0, 0.1) is 5.92 Å². The van der Waals surface area contributed by atoms with E-state index in [0.29, 0.717) is 25.2 Å². The molecule has 1 aromatic carbocycles. The van der Waals surface area contributed by atoms with Gasteiger partial charge in [-0.25, -0.2) is 4.79 Å². The van der Waals surface area contributed by atoms with Crippen LogP contribution >= 0.6 is 0 Å². The largest absolute Gasteiger partial charge is 0.480 e. The molecule has 0 aromatic heterocycles. The van der Waals surface area contributed by atoms with E-state index < -0.39 is 12.0 Å². The molecule has 0 saturated carbocycles. The summed E-state index contributed by atoms with van der Waals surface area (Å²) in [6, 6.07) is 4.47. The van der Waals surface area contributed by atoms with Gasteiger partial charge in [0.1, 0.15) is 6.04 Å². The minimum Gasteiger partial charge on any atom is -0.480 e. The number of carbonyl (C=O) groups is 2. The molecule has 0 aliphatic carbocycles. The van der Waals surface area contributed by atoms with Crippen LogP contribution in [0.1, 0.15) is 41.8 Å². The summed E-state index contributed by atoms with van der Waals surface area (Å²) >= 11 is 0. The van der Waals surface area contributed by atoms with E-state index in [0.717, 1.165) is 11.1 Å². The summed E-state index contributed by atoms with van der Waals surface area (Å²) in [6.45, 7) is 4.79. The Morgan fingerprint density at radius 3 is 2.70 bits per heavy atom. The molecule has 1 aliphatic heterocycles. The molecule has 5 heteroatoms. The van der Waals surface area contributed by atoms with Gasteiger partial charge in [0.15, 0.2) is 0 Å². The molecule has 2 N–H and O–H groups in total. The zero-order valence-electron chi connectivity index (χ0n) is 11.7.